The lowest BCUT2D eigenvalue weighted by Crippen LogP contribution is -1.93. The van der Waals surface area contributed by atoms with Crippen molar-refractivity contribution < 1.29 is 8.78 Å². The van der Waals surface area contributed by atoms with E-state index in [0.29, 0.717) is 10.7 Å². The van der Waals surface area contributed by atoms with Crippen molar-refractivity contribution in [3.05, 3.63) is 29.0 Å². The lowest BCUT2D eigenvalue weighted by Gasteiger charge is -1.97. The van der Waals surface area contributed by atoms with E-state index < -0.39 is 11.8 Å². The van der Waals surface area contributed by atoms with Crippen molar-refractivity contribution in [1.82, 2.24) is 4.98 Å². The summed E-state index contributed by atoms with van der Waals surface area (Å²) in [5.74, 6) is -3.16. The summed E-state index contributed by atoms with van der Waals surface area (Å²) >= 11 is 5.51. The highest BCUT2D eigenvalue weighted by atomic mass is 35.5. The van der Waals surface area contributed by atoms with E-state index in [9.17, 15) is 8.78 Å². The highest BCUT2D eigenvalue weighted by Gasteiger charge is 2.57. The summed E-state index contributed by atoms with van der Waals surface area (Å²) in [5, 5.41) is 0.336. The van der Waals surface area contributed by atoms with Crippen LogP contribution in [-0.2, 0) is 0 Å². The van der Waals surface area contributed by atoms with Gasteiger partial charge in [-0.2, -0.15) is 0 Å². The molecule has 64 valence electrons. The first kappa shape index (κ1) is 7.92. The number of halogens is 3. The Hall–Kier alpha value is -0.700. The molecule has 1 aliphatic rings. The second-order valence-corrected chi connectivity index (χ2v) is 3.32. The average Bonchev–Trinajstić information content (AvgIpc) is 2.61. The zero-order valence-corrected chi connectivity index (χ0v) is 6.85. The van der Waals surface area contributed by atoms with Crippen LogP contribution in [0.5, 0.6) is 0 Å². The van der Waals surface area contributed by atoms with Gasteiger partial charge in [-0.15, -0.1) is 0 Å². The number of pyridine rings is 1. The van der Waals surface area contributed by atoms with Gasteiger partial charge in [0.1, 0.15) is 5.15 Å². The maximum absolute atomic E-state index is 12.5. The van der Waals surface area contributed by atoms with E-state index in [4.69, 9.17) is 11.6 Å². The molecular formula is C8H6ClF2N. The second kappa shape index (κ2) is 2.39. The van der Waals surface area contributed by atoms with Gasteiger partial charge < -0.3 is 0 Å². The zero-order chi connectivity index (χ0) is 8.77. The van der Waals surface area contributed by atoms with Crippen LogP contribution in [0.25, 0.3) is 0 Å². The Kier molecular flexibility index (Phi) is 1.58. The Labute approximate surface area is 73.4 Å². The van der Waals surface area contributed by atoms with E-state index in [1.165, 1.54) is 12.3 Å². The maximum Gasteiger partial charge on any atom is 0.255 e. The van der Waals surface area contributed by atoms with Crippen molar-refractivity contribution in [3.8, 4) is 0 Å². The van der Waals surface area contributed by atoms with E-state index in [1.54, 1.807) is 6.07 Å². The van der Waals surface area contributed by atoms with Crippen LogP contribution in [0.2, 0.25) is 5.15 Å². The Bertz CT molecular complexity index is 296. The molecule has 1 heterocycles. The van der Waals surface area contributed by atoms with Crippen LogP contribution in [0.4, 0.5) is 8.78 Å². The van der Waals surface area contributed by atoms with Gasteiger partial charge >= 0.3 is 0 Å². The van der Waals surface area contributed by atoms with Gasteiger partial charge in [0.05, 0.1) is 5.92 Å². The Morgan fingerprint density at radius 3 is 2.58 bits per heavy atom. The number of hydrogen-bond acceptors (Lipinski definition) is 1. The van der Waals surface area contributed by atoms with Gasteiger partial charge in [0.25, 0.3) is 5.92 Å². The van der Waals surface area contributed by atoms with E-state index >= 15 is 0 Å². The first-order chi connectivity index (χ1) is 5.59. The largest absolute Gasteiger partial charge is 0.255 e. The van der Waals surface area contributed by atoms with Crippen LogP contribution >= 0.6 is 11.6 Å². The predicted octanol–water partition coefficient (Wildman–Crippen LogP) is 2.86. The minimum atomic E-state index is -2.52. The van der Waals surface area contributed by atoms with Crippen LogP contribution in [0.15, 0.2) is 18.3 Å². The lowest BCUT2D eigenvalue weighted by atomic mass is 10.2. The summed E-state index contributed by atoms with van der Waals surface area (Å²) in [6, 6.07) is 3.13. The minimum absolute atomic E-state index is 0.0592. The summed E-state index contributed by atoms with van der Waals surface area (Å²) < 4.78 is 25.0. The average molecular weight is 190 g/mol. The third-order valence-corrected chi connectivity index (χ3v) is 2.20. The van der Waals surface area contributed by atoms with Crippen LogP contribution in [0.1, 0.15) is 17.9 Å². The molecule has 12 heavy (non-hydrogen) atoms. The van der Waals surface area contributed by atoms with Gasteiger partial charge in [0, 0.05) is 12.6 Å². The molecule has 0 amide bonds. The molecule has 0 radical (unpaired) electrons. The second-order valence-electron chi connectivity index (χ2n) is 2.93. The number of alkyl halides is 2. The molecule has 1 aromatic rings. The molecule has 4 heteroatoms. The summed E-state index contributed by atoms with van der Waals surface area (Å²) in [6.45, 7) is 0. The third kappa shape index (κ3) is 1.29. The van der Waals surface area contributed by atoms with E-state index in [2.05, 4.69) is 4.98 Å². The molecule has 2 rings (SSSR count). The van der Waals surface area contributed by atoms with Gasteiger partial charge in [-0.1, -0.05) is 17.7 Å². The summed E-state index contributed by atoms with van der Waals surface area (Å²) in [6.07, 6.45) is 1.35. The van der Waals surface area contributed by atoms with E-state index in [-0.39, 0.29) is 6.42 Å². The summed E-state index contributed by atoms with van der Waals surface area (Å²) in [4.78, 5) is 3.74. The molecule has 1 atom stereocenters. The summed E-state index contributed by atoms with van der Waals surface area (Å²) in [7, 11) is 0. The van der Waals surface area contributed by atoms with Crippen LogP contribution in [0, 0.1) is 0 Å². The van der Waals surface area contributed by atoms with Gasteiger partial charge in [-0.3, -0.25) is 0 Å². The number of hydrogen-bond donors (Lipinski definition) is 0. The van der Waals surface area contributed by atoms with Crippen molar-refractivity contribution in [2.45, 2.75) is 18.3 Å². The SMILES string of the molecule is FC1(F)C[C@H]1c1ccc(Cl)nc1. The van der Waals surface area contributed by atoms with Gasteiger partial charge in [0.2, 0.25) is 0 Å². The molecule has 0 N–H and O–H groups in total. The molecule has 0 aromatic carbocycles. The topological polar surface area (TPSA) is 12.9 Å². The van der Waals surface area contributed by atoms with Crippen molar-refractivity contribution in [1.29, 1.82) is 0 Å². The molecule has 0 spiro atoms. The van der Waals surface area contributed by atoms with Gasteiger partial charge in [-0.25, -0.2) is 13.8 Å². The molecule has 1 nitrogen and oxygen atoms in total. The molecular weight excluding hydrogens is 184 g/mol. The van der Waals surface area contributed by atoms with E-state index in [1.807, 2.05) is 0 Å². The molecule has 1 aliphatic carbocycles. The fourth-order valence-corrected chi connectivity index (χ4v) is 1.28. The normalized spacial score (nSPS) is 25.4. The first-order valence-electron chi connectivity index (χ1n) is 3.59. The number of aromatic nitrogens is 1. The van der Waals surface area contributed by atoms with E-state index in [0.717, 1.165) is 0 Å². The fourth-order valence-electron chi connectivity index (χ4n) is 1.17. The molecule has 0 unspecified atom stereocenters. The van der Waals surface area contributed by atoms with Crippen LogP contribution in [0.3, 0.4) is 0 Å². The molecule has 1 fully saturated rings. The minimum Gasteiger partial charge on any atom is -0.244 e. The standard InChI is InChI=1S/C8H6ClF2N/c9-7-2-1-5(4-12-7)6-3-8(6,10)11/h1-2,4,6H,3H2/t6-/m0/s1. The maximum atomic E-state index is 12.5. The van der Waals surface area contributed by atoms with Crippen LogP contribution < -0.4 is 0 Å². The molecule has 0 aliphatic heterocycles. The Balaban J connectivity index is 2.21. The highest BCUT2D eigenvalue weighted by molar-refractivity contribution is 6.29. The summed E-state index contributed by atoms with van der Waals surface area (Å²) in [5.41, 5.74) is 0.574. The van der Waals surface area contributed by atoms with Gasteiger partial charge in [0.15, 0.2) is 0 Å². The molecule has 0 bridgehead atoms. The van der Waals surface area contributed by atoms with Crippen molar-refractivity contribution in [3.63, 3.8) is 0 Å². The Morgan fingerprint density at radius 2 is 2.17 bits per heavy atom. The number of nitrogens with zero attached hydrogens (tertiary/aromatic N) is 1. The molecule has 0 saturated heterocycles. The zero-order valence-electron chi connectivity index (χ0n) is 6.10. The van der Waals surface area contributed by atoms with Gasteiger partial charge in [-0.05, 0) is 11.6 Å². The number of rotatable bonds is 1. The van der Waals surface area contributed by atoms with Crippen molar-refractivity contribution >= 4 is 11.6 Å². The molecule has 1 aromatic heterocycles. The van der Waals surface area contributed by atoms with Crippen molar-refractivity contribution in [2.75, 3.05) is 0 Å². The predicted molar refractivity (Wildman–Crippen MR) is 41.6 cm³/mol. The van der Waals surface area contributed by atoms with Crippen molar-refractivity contribution in [2.24, 2.45) is 0 Å². The Morgan fingerprint density at radius 1 is 1.50 bits per heavy atom. The lowest BCUT2D eigenvalue weighted by molar-refractivity contribution is 0.112. The quantitative estimate of drug-likeness (QED) is 0.619. The third-order valence-electron chi connectivity index (χ3n) is 1.98. The van der Waals surface area contributed by atoms with Crippen LogP contribution in [-0.4, -0.2) is 10.9 Å². The first-order valence-corrected chi connectivity index (χ1v) is 3.97. The fraction of sp³-hybridized carbons (Fsp3) is 0.375. The smallest absolute Gasteiger partial charge is 0.244 e. The highest BCUT2D eigenvalue weighted by Crippen LogP contribution is 2.55. The molecule has 1 saturated carbocycles. The monoisotopic (exact) mass is 189 g/mol.